The lowest BCUT2D eigenvalue weighted by molar-refractivity contribution is 0.249. The molecule has 2 aliphatic heterocycles. The second kappa shape index (κ2) is 7.41. The molecule has 0 aromatic heterocycles. The topological polar surface area (TPSA) is 132 Å². The minimum atomic E-state index is -3.92. The molecule has 2 N–H and O–H groups in total. The summed E-state index contributed by atoms with van der Waals surface area (Å²) in [5.74, 6) is 0. The Morgan fingerprint density at radius 3 is 1.70 bits per heavy atom. The minimum Gasteiger partial charge on any atom is -0.225 e. The van der Waals surface area contributed by atoms with Crippen LogP contribution in [-0.2, 0) is 29.9 Å². The zero-order valence-corrected chi connectivity index (χ0v) is 18.4. The van der Waals surface area contributed by atoms with Crippen molar-refractivity contribution in [2.24, 2.45) is 5.14 Å². The average Bonchev–Trinajstić information content (AvgIpc) is 2.99. The lowest BCUT2D eigenvalue weighted by atomic mass is 10.1. The molecule has 0 saturated carbocycles. The number of hydrogen-bond donors (Lipinski definition) is 1. The van der Waals surface area contributed by atoms with Crippen LogP contribution in [0.25, 0.3) is 0 Å². The van der Waals surface area contributed by atoms with Crippen LogP contribution < -0.4 is 5.14 Å². The van der Waals surface area contributed by atoms with Gasteiger partial charge < -0.3 is 0 Å². The van der Waals surface area contributed by atoms with Gasteiger partial charge in [-0.05, 0) is 62.1 Å². The summed E-state index contributed by atoms with van der Waals surface area (Å²) in [4.78, 5) is 0.0533. The molecule has 2 aromatic carbocycles. The summed E-state index contributed by atoms with van der Waals surface area (Å²) in [7, 11) is -11.4. The highest BCUT2D eigenvalue weighted by Gasteiger charge is 2.50. The van der Waals surface area contributed by atoms with Gasteiger partial charge in [0.15, 0.2) is 9.84 Å². The van der Waals surface area contributed by atoms with Crippen molar-refractivity contribution in [3.05, 3.63) is 54.6 Å². The molecule has 2 heterocycles. The van der Waals surface area contributed by atoms with Gasteiger partial charge in [0.05, 0.1) is 19.9 Å². The van der Waals surface area contributed by atoms with Gasteiger partial charge in [0, 0.05) is 12.1 Å². The Bertz CT molecular complexity index is 1240. The van der Waals surface area contributed by atoms with E-state index in [9.17, 15) is 25.3 Å². The quantitative estimate of drug-likeness (QED) is 0.704. The van der Waals surface area contributed by atoms with Crippen molar-refractivity contribution in [2.75, 3.05) is 0 Å². The van der Waals surface area contributed by atoms with E-state index in [0.29, 0.717) is 12.8 Å². The number of nitrogens with two attached hydrogens (primary N) is 1. The lowest BCUT2D eigenvalue weighted by Crippen LogP contribution is -2.49. The van der Waals surface area contributed by atoms with Crippen LogP contribution in [0, 0.1) is 0 Å². The monoisotopic (exact) mass is 470 g/mol. The van der Waals surface area contributed by atoms with E-state index >= 15 is 0 Å². The molecule has 162 valence electrons. The largest absolute Gasteiger partial charge is 0.243 e. The van der Waals surface area contributed by atoms with Crippen molar-refractivity contribution >= 4 is 29.9 Å². The molecule has 11 heteroatoms. The van der Waals surface area contributed by atoms with Crippen molar-refractivity contribution in [1.29, 1.82) is 0 Å². The molecule has 2 unspecified atom stereocenters. The molecular weight excluding hydrogens is 448 g/mol. The first-order valence-electron chi connectivity index (χ1n) is 9.46. The second-order valence-electron chi connectivity index (χ2n) is 7.69. The van der Waals surface area contributed by atoms with Gasteiger partial charge in [0.25, 0.3) is 0 Å². The van der Waals surface area contributed by atoms with E-state index in [1.54, 1.807) is 30.3 Å². The summed E-state index contributed by atoms with van der Waals surface area (Å²) in [6, 6.07) is 12.2. The predicted octanol–water partition coefficient (Wildman–Crippen LogP) is 1.49. The van der Waals surface area contributed by atoms with E-state index in [1.807, 2.05) is 0 Å². The molecule has 0 radical (unpaired) electrons. The third kappa shape index (κ3) is 3.69. The molecule has 8 nitrogen and oxygen atoms in total. The Kier molecular flexibility index (Phi) is 5.30. The number of nitrogens with zero attached hydrogens (tertiary/aromatic N) is 1. The fraction of sp³-hybridized carbons (Fsp3) is 0.368. The molecule has 2 aromatic rings. The minimum absolute atomic E-state index is 0.0313. The predicted molar refractivity (Wildman–Crippen MR) is 110 cm³/mol. The lowest BCUT2D eigenvalue weighted by Gasteiger charge is -2.37. The fourth-order valence-electron chi connectivity index (χ4n) is 4.46. The van der Waals surface area contributed by atoms with E-state index in [1.165, 1.54) is 16.4 Å². The summed E-state index contributed by atoms with van der Waals surface area (Å²) in [5.41, 5.74) is 0. The number of sulfonamides is 2. The summed E-state index contributed by atoms with van der Waals surface area (Å²) in [6.45, 7) is 0. The van der Waals surface area contributed by atoms with Crippen LogP contribution in [0.15, 0.2) is 69.3 Å². The molecule has 2 fully saturated rings. The van der Waals surface area contributed by atoms with Crippen LogP contribution in [0.4, 0.5) is 0 Å². The maximum atomic E-state index is 13.2. The standard InChI is InChI=1S/C19H22N2O6S3/c20-29(24,25)17-8-10-18(11-9-17)30(26,27)21-14-6-7-15(21)13-19(12-14)28(22,23)16-4-2-1-3-5-16/h1-5,8-11,14-15,19H,6-7,12-13H2,(H2,20,24,25). The molecule has 2 aliphatic rings. The van der Waals surface area contributed by atoms with Gasteiger partial charge in [0.2, 0.25) is 20.0 Å². The van der Waals surface area contributed by atoms with E-state index in [2.05, 4.69) is 0 Å². The van der Waals surface area contributed by atoms with E-state index in [4.69, 9.17) is 5.14 Å². The summed E-state index contributed by atoms with van der Waals surface area (Å²) < 4.78 is 76.8. The maximum absolute atomic E-state index is 13.2. The molecule has 2 bridgehead atoms. The van der Waals surface area contributed by atoms with Gasteiger partial charge in [-0.15, -0.1) is 0 Å². The molecule has 2 atom stereocenters. The van der Waals surface area contributed by atoms with Crippen molar-refractivity contribution in [3.63, 3.8) is 0 Å². The number of benzene rings is 2. The number of piperidine rings is 1. The molecule has 30 heavy (non-hydrogen) atoms. The Morgan fingerprint density at radius 1 is 0.700 bits per heavy atom. The Morgan fingerprint density at radius 2 is 1.20 bits per heavy atom. The van der Waals surface area contributed by atoms with E-state index < -0.39 is 47.2 Å². The van der Waals surface area contributed by atoms with Gasteiger partial charge in [-0.3, -0.25) is 0 Å². The first-order chi connectivity index (χ1) is 14.0. The maximum Gasteiger partial charge on any atom is 0.243 e. The van der Waals surface area contributed by atoms with Crippen LogP contribution in [-0.4, -0.2) is 46.9 Å². The third-order valence-electron chi connectivity index (χ3n) is 5.86. The molecule has 0 amide bonds. The average molecular weight is 471 g/mol. The number of rotatable bonds is 5. The number of sulfone groups is 1. The van der Waals surface area contributed by atoms with Crippen molar-refractivity contribution in [2.45, 2.75) is 57.7 Å². The zero-order valence-electron chi connectivity index (χ0n) is 16.0. The summed E-state index contributed by atoms with van der Waals surface area (Å²) in [5, 5.41) is 4.44. The number of hydrogen-bond acceptors (Lipinski definition) is 6. The second-order valence-corrected chi connectivity index (χ2v) is 13.3. The molecule has 0 spiro atoms. The molecule has 2 saturated heterocycles. The highest BCUT2D eigenvalue weighted by atomic mass is 32.2. The molecule has 4 rings (SSSR count). The van der Waals surface area contributed by atoms with E-state index in [-0.39, 0.29) is 27.5 Å². The van der Waals surface area contributed by atoms with Gasteiger partial charge in [0.1, 0.15) is 0 Å². The third-order valence-corrected chi connectivity index (χ3v) is 11.0. The van der Waals surface area contributed by atoms with Gasteiger partial charge in [-0.2, -0.15) is 4.31 Å². The van der Waals surface area contributed by atoms with Crippen molar-refractivity contribution < 1.29 is 25.3 Å². The molecular formula is C19H22N2O6S3. The zero-order chi connectivity index (χ0) is 21.7. The Balaban J connectivity index is 1.61. The van der Waals surface area contributed by atoms with Crippen LogP contribution in [0.3, 0.4) is 0 Å². The van der Waals surface area contributed by atoms with Crippen LogP contribution in [0.1, 0.15) is 25.7 Å². The van der Waals surface area contributed by atoms with Crippen LogP contribution in [0.2, 0.25) is 0 Å². The normalized spacial score (nSPS) is 25.3. The number of primary sulfonamides is 1. The first kappa shape index (κ1) is 21.4. The highest BCUT2D eigenvalue weighted by Crippen LogP contribution is 2.42. The van der Waals surface area contributed by atoms with Crippen LogP contribution in [0.5, 0.6) is 0 Å². The van der Waals surface area contributed by atoms with Crippen LogP contribution >= 0.6 is 0 Å². The highest BCUT2D eigenvalue weighted by molar-refractivity contribution is 7.92. The first-order valence-corrected chi connectivity index (χ1v) is 14.0. The van der Waals surface area contributed by atoms with Gasteiger partial charge >= 0.3 is 0 Å². The van der Waals surface area contributed by atoms with Crippen molar-refractivity contribution in [1.82, 2.24) is 4.31 Å². The van der Waals surface area contributed by atoms with Gasteiger partial charge in [-0.25, -0.2) is 30.4 Å². The van der Waals surface area contributed by atoms with Crippen molar-refractivity contribution in [3.8, 4) is 0 Å². The number of fused-ring (bicyclic) bond motifs is 2. The van der Waals surface area contributed by atoms with Gasteiger partial charge in [-0.1, -0.05) is 18.2 Å². The Hall–Kier alpha value is -1.79. The van der Waals surface area contributed by atoms with E-state index in [0.717, 1.165) is 12.1 Å². The SMILES string of the molecule is NS(=O)(=O)c1ccc(S(=O)(=O)N2C3CCC2CC(S(=O)(=O)c2ccccc2)C3)cc1. The smallest absolute Gasteiger partial charge is 0.225 e. The summed E-state index contributed by atoms with van der Waals surface area (Å²) >= 11 is 0. The fourth-order valence-corrected chi connectivity index (χ4v) is 8.73. The molecule has 0 aliphatic carbocycles. The Labute approximate surface area is 176 Å². The summed E-state index contributed by atoms with van der Waals surface area (Å²) in [6.07, 6.45) is 1.67.